The smallest absolute Gasteiger partial charge is 0.0629 e. The molecule has 0 bridgehead atoms. The second-order valence-electron chi connectivity index (χ2n) is 5.69. The molecule has 1 fully saturated rings. The Morgan fingerprint density at radius 1 is 1.40 bits per heavy atom. The SMILES string of the molecule is CCNC(C(C)C)C1CCOC(C)(C)C1. The van der Waals surface area contributed by atoms with Gasteiger partial charge in [-0.25, -0.2) is 0 Å². The van der Waals surface area contributed by atoms with E-state index in [1.807, 2.05) is 0 Å². The summed E-state index contributed by atoms with van der Waals surface area (Å²) in [6.45, 7) is 13.2. The molecule has 0 amide bonds. The van der Waals surface area contributed by atoms with Crippen LogP contribution in [0, 0.1) is 11.8 Å². The van der Waals surface area contributed by atoms with Gasteiger partial charge in [-0.15, -0.1) is 0 Å². The Bertz CT molecular complexity index is 189. The first kappa shape index (κ1) is 13.0. The second-order valence-corrected chi connectivity index (χ2v) is 5.69. The summed E-state index contributed by atoms with van der Waals surface area (Å²) in [5.41, 5.74) is 0.0749. The molecule has 2 unspecified atom stereocenters. The molecule has 0 aliphatic carbocycles. The number of rotatable bonds is 4. The van der Waals surface area contributed by atoms with E-state index in [-0.39, 0.29) is 5.60 Å². The quantitative estimate of drug-likeness (QED) is 0.775. The highest BCUT2D eigenvalue weighted by Gasteiger charge is 2.34. The fourth-order valence-corrected chi connectivity index (χ4v) is 2.77. The Labute approximate surface area is 94.8 Å². The van der Waals surface area contributed by atoms with Crippen molar-refractivity contribution < 1.29 is 4.74 Å². The van der Waals surface area contributed by atoms with Gasteiger partial charge in [-0.2, -0.15) is 0 Å². The molecule has 0 aromatic rings. The summed E-state index contributed by atoms with van der Waals surface area (Å²) < 4.78 is 5.78. The molecule has 2 heteroatoms. The van der Waals surface area contributed by atoms with E-state index in [2.05, 4.69) is 39.9 Å². The van der Waals surface area contributed by atoms with Gasteiger partial charge in [0.25, 0.3) is 0 Å². The normalized spacial score (nSPS) is 28.0. The Morgan fingerprint density at radius 3 is 2.53 bits per heavy atom. The van der Waals surface area contributed by atoms with Crippen LogP contribution in [0.5, 0.6) is 0 Å². The van der Waals surface area contributed by atoms with Crippen molar-refractivity contribution in [2.45, 2.75) is 59.1 Å². The van der Waals surface area contributed by atoms with Gasteiger partial charge >= 0.3 is 0 Å². The van der Waals surface area contributed by atoms with Crippen molar-refractivity contribution in [3.63, 3.8) is 0 Å². The summed E-state index contributed by atoms with van der Waals surface area (Å²) in [6.07, 6.45) is 2.39. The first-order valence-corrected chi connectivity index (χ1v) is 6.33. The molecule has 0 radical (unpaired) electrons. The summed E-state index contributed by atoms with van der Waals surface area (Å²) in [6, 6.07) is 0.651. The predicted molar refractivity (Wildman–Crippen MR) is 65.1 cm³/mol. The maximum atomic E-state index is 5.78. The molecule has 2 atom stereocenters. The van der Waals surface area contributed by atoms with Crippen LogP contribution in [-0.2, 0) is 4.74 Å². The highest BCUT2D eigenvalue weighted by molar-refractivity contribution is 4.87. The van der Waals surface area contributed by atoms with Gasteiger partial charge in [0.1, 0.15) is 0 Å². The van der Waals surface area contributed by atoms with Crippen molar-refractivity contribution >= 4 is 0 Å². The van der Waals surface area contributed by atoms with Crippen LogP contribution in [0.1, 0.15) is 47.5 Å². The minimum Gasteiger partial charge on any atom is -0.376 e. The molecule has 15 heavy (non-hydrogen) atoms. The Kier molecular flexibility index (Phi) is 4.60. The molecule has 1 rings (SSSR count). The van der Waals surface area contributed by atoms with E-state index >= 15 is 0 Å². The van der Waals surface area contributed by atoms with E-state index in [9.17, 15) is 0 Å². The van der Waals surface area contributed by atoms with Crippen molar-refractivity contribution in [3.05, 3.63) is 0 Å². The van der Waals surface area contributed by atoms with Crippen LogP contribution in [0.2, 0.25) is 0 Å². The monoisotopic (exact) mass is 213 g/mol. The third kappa shape index (κ3) is 3.76. The molecular weight excluding hydrogens is 186 g/mol. The fraction of sp³-hybridized carbons (Fsp3) is 1.00. The maximum Gasteiger partial charge on any atom is 0.0629 e. The Balaban J connectivity index is 2.59. The topological polar surface area (TPSA) is 21.3 Å². The standard InChI is InChI=1S/C13H27NO/c1-6-14-12(10(2)3)11-7-8-15-13(4,5)9-11/h10-12,14H,6-9H2,1-5H3. The van der Waals surface area contributed by atoms with Gasteiger partial charge in [-0.05, 0) is 45.1 Å². The van der Waals surface area contributed by atoms with Gasteiger partial charge in [-0.1, -0.05) is 20.8 Å². The van der Waals surface area contributed by atoms with E-state index in [4.69, 9.17) is 4.74 Å². The third-order valence-electron chi connectivity index (χ3n) is 3.40. The van der Waals surface area contributed by atoms with Crippen molar-refractivity contribution in [1.82, 2.24) is 5.32 Å². The van der Waals surface area contributed by atoms with E-state index in [1.54, 1.807) is 0 Å². The van der Waals surface area contributed by atoms with Gasteiger partial charge in [-0.3, -0.25) is 0 Å². The molecule has 1 heterocycles. The fourth-order valence-electron chi connectivity index (χ4n) is 2.77. The van der Waals surface area contributed by atoms with Crippen LogP contribution in [-0.4, -0.2) is 24.8 Å². The zero-order valence-corrected chi connectivity index (χ0v) is 11.0. The molecule has 90 valence electrons. The van der Waals surface area contributed by atoms with E-state index < -0.39 is 0 Å². The average molecular weight is 213 g/mol. The van der Waals surface area contributed by atoms with E-state index in [1.165, 1.54) is 12.8 Å². The highest BCUT2D eigenvalue weighted by Crippen LogP contribution is 2.32. The Hall–Kier alpha value is -0.0800. The largest absolute Gasteiger partial charge is 0.376 e. The molecule has 0 aromatic carbocycles. The first-order chi connectivity index (χ1) is 6.96. The van der Waals surface area contributed by atoms with Gasteiger partial charge in [0, 0.05) is 12.6 Å². The minimum absolute atomic E-state index is 0.0749. The van der Waals surface area contributed by atoms with Crippen LogP contribution < -0.4 is 5.32 Å². The van der Waals surface area contributed by atoms with E-state index in [0.717, 1.165) is 19.1 Å². The van der Waals surface area contributed by atoms with Crippen LogP contribution in [0.25, 0.3) is 0 Å². The second kappa shape index (κ2) is 5.31. The number of ether oxygens (including phenoxy) is 1. The lowest BCUT2D eigenvalue weighted by molar-refractivity contribution is -0.0808. The Morgan fingerprint density at radius 2 is 2.07 bits per heavy atom. The zero-order chi connectivity index (χ0) is 11.5. The number of nitrogens with one attached hydrogen (secondary N) is 1. The van der Waals surface area contributed by atoms with Crippen LogP contribution in [0.3, 0.4) is 0 Å². The van der Waals surface area contributed by atoms with Crippen molar-refractivity contribution in [2.24, 2.45) is 11.8 Å². The molecule has 1 aliphatic heterocycles. The van der Waals surface area contributed by atoms with Crippen molar-refractivity contribution in [1.29, 1.82) is 0 Å². The van der Waals surface area contributed by atoms with Crippen LogP contribution in [0.4, 0.5) is 0 Å². The summed E-state index contributed by atoms with van der Waals surface area (Å²) in [7, 11) is 0. The summed E-state index contributed by atoms with van der Waals surface area (Å²) >= 11 is 0. The molecule has 1 aliphatic rings. The molecule has 0 aromatic heterocycles. The molecule has 2 nitrogen and oxygen atoms in total. The average Bonchev–Trinajstić information content (AvgIpc) is 2.11. The predicted octanol–water partition coefficient (Wildman–Crippen LogP) is 2.83. The van der Waals surface area contributed by atoms with Gasteiger partial charge < -0.3 is 10.1 Å². The molecule has 1 N–H and O–H groups in total. The highest BCUT2D eigenvalue weighted by atomic mass is 16.5. The zero-order valence-electron chi connectivity index (χ0n) is 11.0. The minimum atomic E-state index is 0.0749. The summed E-state index contributed by atoms with van der Waals surface area (Å²) in [5.74, 6) is 1.48. The van der Waals surface area contributed by atoms with Gasteiger partial charge in [0.05, 0.1) is 5.60 Å². The summed E-state index contributed by atoms with van der Waals surface area (Å²) in [4.78, 5) is 0. The maximum absolute atomic E-state index is 5.78. The molecular formula is C13H27NO. The number of hydrogen-bond donors (Lipinski definition) is 1. The van der Waals surface area contributed by atoms with Gasteiger partial charge in [0.15, 0.2) is 0 Å². The summed E-state index contributed by atoms with van der Waals surface area (Å²) in [5, 5.41) is 3.63. The lowest BCUT2D eigenvalue weighted by Crippen LogP contribution is -2.46. The number of hydrogen-bond acceptors (Lipinski definition) is 2. The van der Waals surface area contributed by atoms with Crippen LogP contribution in [0.15, 0.2) is 0 Å². The molecule has 1 saturated heterocycles. The van der Waals surface area contributed by atoms with Crippen molar-refractivity contribution in [3.8, 4) is 0 Å². The van der Waals surface area contributed by atoms with Gasteiger partial charge in [0.2, 0.25) is 0 Å². The van der Waals surface area contributed by atoms with Crippen molar-refractivity contribution in [2.75, 3.05) is 13.2 Å². The molecule has 0 spiro atoms. The molecule has 0 saturated carbocycles. The third-order valence-corrected chi connectivity index (χ3v) is 3.40. The lowest BCUT2D eigenvalue weighted by Gasteiger charge is -2.41. The lowest BCUT2D eigenvalue weighted by atomic mass is 9.79. The van der Waals surface area contributed by atoms with E-state index in [0.29, 0.717) is 12.0 Å². The first-order valence-electron chi connectivity index (χ1n) is 6.33. The van der Waals surface area contributed by atoms with Crippen LogP contribution >= 0.6 is 0 Å².